The van der Waals surface area contributed by atoms with E-state index >= 15 is 0 Å². The molecule has 3 rings (SSSR count). The Balaban J connectivity index is 1.52. The lowest BCUT2D eigenvalue weighted by molar-refractivity contribution is -0.141. The van der Waals surface area contributed by atoms with Gasteiger partial charge in [0.25, 0.3) is 0 Å². The Hall–Kier alpha value is -1.30. The molecule has 6 nitrogen and oxygen atoms in total. The topological polar surface area (TPSA) is 87.7 Å². The Labute approximate surface area is 124 Å². The van der Waals surface area contributed by atoms with Crippen molar-refractivity contribution in [3.05, 3.63) is 0 Å². The largest absolute Gasteiger partial charge is 0.480 e. The Morgan fingerprint density at radius 3 is 2.43 bits per heavy atom. The zero-order valence-electron chi connectivity index (χ0n) is 12.2. The van der Waals surface area contributed by atoms with Crippen molar-refractivity contribution in [2.75, 3.05) is 0 Å². The number of carbonyl (C=O) groups is 2. The molecule has 0 radical (unpaired) electrons. The minimum absolute atomic E-state index is 0.0320. The second kappa shape index (κ2) is 6.22. The number of ether oxygens (including phenoxy) is 1. The van der Waals surface area contributed by atoms with Gasteiger partial charge in [-0.05, 0) is 38.0 Å². The number of urea groups is 1. The Bertz CT molecular complexity index is 408. The first kappa shape index (κ1) is 14.6. The summed E-state index contributed by atoms with van der Waals surface area (Å²) in [4.78, 5) is 23.5. The third kappa shape index (κ3) is 3.31. The van der Waals surface area contributed by atoms with Crippen molar-refractivity contribution in [2.45, 2.75) is 75.7 Å². The van der Waals surface area contributed by atoms with Crippen LogP contribution in [0.5, 0.6) is 0 Å². The SMILES string of the molecule is O=C(NC1CC2CCC1O2)NC(C(=O)O)C1CCCCC1. The van der Waals surface area contributed by atoms with Crippen LogP contribution >= 0.6 is 0 Å². The molecule has 0 spiro atoms. The van der Waals surface area contributed by atoms with Crippen LogP contribution in [-0.2, 0) is 9.53 Å². The summed E-state index contributed by atoms with van der Waals surface area (Å²) in [6.07, 6.45) is 8.33. The molecule has 0 aromatic heterocycles. The van der Waals surface area contributed by atoms with Crippen molar-refractivity contribution in [2.24, 2.45) is 5.92 Å². The molecule has 2 aliphatic heterocycles. The number of hydrogen-bond donors (Lipinski definition) is 3. The van der Waals surface area contributed by atoms with Crippen LogP contribution in [0.2, 0.25) is 0 Å². The fourth-order valence-corrected chi connectivity index (χ4v) is 3.99. The van der Waals surface area contributed by atoms with E-state index in [-0.39, 0.29) is 30.2 Å². The summed E-state index contributed by atoms with van der Waals surface area (Å²) in [5.74, 6) is -0.875. The van der Waals surface area contributed by atoms with Crippen molar-refractivity contribution in [3.63, 3.8) is 0 Å². The van der Waals surface area contributed by atoms with Crippen molar-refractivity contribution in [1.29, 1.82) is 0 Å². The molecule has 3 fully saturated rings. The van der Waals surface area contributed by atoms with Gasteiger partial charge in [0, 0.05) is 0 Å². The van der Waals surface area contributed by atoms with Crippen LogP contribution in [0.25, 0.3) is 0 Å². The van der Waals surface area contributed by atoms with Crippen LogP contribution < -0.4 is 10.6 Å². The number of nitrogens with one attached hydrogen (secondary N) is 2. The van der Waals surface area contributed by atoms with Crippen molar-refractivity contribution in [1.82, 2.24) is 10.6 Å². The van der Waals surface area contributed by atoms with Crippen LogP contribution in [0.3, 0.4) is 0 Å². The zero-order valence-corrected chi connectivity index (χ0v) is 12.2. The molecule has 0 aromatic rings. The number of aliphatic carboxylic acids is 1. The molecule has 2 saturated heterocycles. The smallest absolute Gasteiger partial charge is 0.326 e. The highest BCUT2D eigenvalue weighted by Crippen LogP contribution is 2.34. The molecule has 1 aliphatic carbocycles. The molecule has 2 amide bonds. The monoisotopic (exact) mass is 296 g/mol. The Morgan fingerprint density at radius 1 is 1.10 bits per heavy atom. The van der Waals surface area contributed by atoms with Gasteiger partial charge in [-0.3, -0.25) is 0 Å². The van der Waals surface area contributed by atoms with Gasteiger partial charge in [0.15, 0.2) is 0 Å². The van der Waals surface area contributed by atoms with Gasteiger partial charge in [-0.25, -0.2) is 9.59 Å². The molecular weight excluding hydrogens is 272 g/mol. The normalized spacial score (nSPS) is 33.6. The first-order valence-electron chi connectivity index (χ1n) is 8.09. The molecule has 4 unspecified atom stereocenters. The van der Waals surface area contributed by atoms with Gasteiger partial charge >= 0.3 is 12.0 Å². The summed E-state index contributed by atoms with van der Waals surface area (Å²) < 4.78 is 5.70. The molecule has 2 bridgehead atoms. The van der Waals surface area contributed by atoms with Crippen LogP contribution in [0, 0.1) is 5.92 Å². The summed E-state index contributed by atoms with van der Waals surface area (Å²) in [7, 11) is 0. The van der Waals surface area contributed by atoms with Crippen molar-refractivity contribution < 1.29 is 19.4 Å². The molecule has 6 heteroatoms. The predicted molar refractivity (Wildman–Crippen MR) is 76.0 cm³/mol. The van der Waals surface area contributed by atoms with Gasteiger partial charge in [-0.2, -0.15) is 0 Å². The number of carbonyl (C=O) groups excluding carboxylic acids is 1. The van der Waals surface area contributed by atoms with E-state index in [9.17, 15) is 14.7 Å². The lowest BCUT2D eigenvalue weighted by atomic mass is 9.84. The first-order valence-corrected chi connectivity index (χ1v) is 8.09. The summed E-state index contributed by atoms with van der Waals surface area (Å²) in [5.41, 5.74) is 0. The molecule has 1 saturated carbocycles. The van der Waals surface area contributed by atoms with Gasteiger partial charge < -0.3 is 20.5 Å². The van der Waals surface area contributed by atoms with E-state index in [0.717, 1.165) is 51.4 Å². The van der Waals surface area contributed by atoms with Gasteiger partial charge in [0.1, 0.15) is 6.04 Å². The maximum atomic E-state index is 12.1. The van der Waals surface area contributed by atoms with Crippen molar-refractivity contribution >= 4 is 12.0 Å². The highest BCUT2D eigenvalue weighted by molar-refractivity contribution is 5.83. The average Bonchev–Trinajstić information content (AvgIpc) is 3.08. The second-order valence-corrected chi connectivity index (χ2v) is 6.55. The average molecular weight is 296 g/mol. The maximum absolute atomic E-state index is 12.1. The third-order valence-corrected chi connectivity index (χ3v) is 5.10. The third-order valence-electron chi connectivity index (χ3n) is 5.10. The van der Waals surface area contributed by atoms with E-state index < -0.39 is 12.0 Å². The maximum Gasteiger partial charge on any atom is 0.326 e. The fraction of sp³-hybridized carbons (Fsp3) is 0.867. The zero-order chi connectivity index (χ0) is 14.8. The fourth-order valence-electron chi connectivity index (χ4n) is 3.99. The van der Waals surface area contributed by atoms with Gasteiger partial charge in [-0.1, -0.05) is 19.3 Å². The van der Waals surface area contributed by atoms with E-state index in [2.05, 4.69) is 10.6 Å². The summed E-state index contributed by atoms with van der Waals surface area (Å²) >= 11 is 0. The highest BCUT2D eigenvalue weighted by Gasteiger charge is 2.42. The number of amides is 2. The molecule has 3 N–H and O–H groups in total. The van der Waals surface area contributed by atoms with Gasteiger partial charge in [-0.15, -0.1) is 0 Å². The number of hydrogen-bond acceptors (Lipinski definition) is 3. The molecule has 118 valence electrons. The van der Waals surface area contributed by atoms with Crippen LogP contribution in [0.4, 0.5) is 4.79 Å². The van der Waals surface area contributed by atoms with Crippen LogP contribution in [-0.4, -0.2) is 41.4 Å². The predicted octanol–water partition coefficient (Wildman–Crippen LogP) is 1.64. The minimum atomic E-state index is -0.929. The Kier molecular flexibility index (Phi) is 4.33. The van der Waals surface area contributed by atoms with Gasteiger partial charge in [0.05, 0.1) is 18.2 Å². The van der Waals surface area contributed by atoms with E-state index in [1.54, 1.807) is 0 Å². The number of fused-ring (bicyclic) bond motifs is 2. The molecule has 2 heterocycles. The molecule has 3 aliphatic rings. The van der Waals surface area contributed by atoms with E-state index in [4.69, 9.17) is 4.74 Å². The number of rotatable bonds is 4. The number of carboxylic acid groups (broad SMARTS) is 1. The first-order chi connectivity index (χ1) is 10.1. The van der Waals surface area contributed by atoms with E-state index in [1.165, 1.54) is 0 Å². The number of carboxylic acids is 1. The summed E-state index contributed by atoms with van der Waals surface area (Å²) in [6.45, 7) is 0. The quantitative estimate of drug-likeness (QED) is 0.736. The lowest BCUT2D eigenvalue weighted by Crippen LogP contribution is -2.53. The van der Waals surface area contributed by atoms with Crippen LogP contribution in [0.1, 0.15) is 51.4 Å². The minimum Gasteiger partial charge on any atom is -0.480 e. The lowest BCUT2D eigenvalue weighted by Gasteiger charge is -2.29. The van der Waals surface area contributed by atoms with Crippen molar-refractivity contribution in [3.8, 4) is 0 Å². The Morgan fingerprint density at radius 2 is 1.86 bits per heavy atom. The molecular formula is C15H24N2O4. The van der Waals surface area contributed by atoms with Gasteiger partial charge in [0.2, 0.25) is 0 Å². The molecule has 0 aromatic carbocycles. The summed E-state index contributed by atoms with van der Waals surface area (Å²) in [5, 5.41) is 14.9. The van der Waals surface area contributed by atoms with E-state index in [0.29, 0.717) is 0 Å². The van der Waals surface area contributed by atoms with E-state index in [1.807, 2.05) is 0 Å². The summed E-state index contributed by atoms with van der Waals surface area (Å²) in [6, 6.07) is -1.11. The molecule has 21 heavy (non-hydrogen) atoms. The van der Waals surface area contributed by atoms with Crippen LogP contribution in [0.15, 0.2) is 0 Å². The second-order valence-electron chi connectivity index (χ2n) is 6.55. The standard InChI is InChI=1S/C15H24N2O4/c18-14(19)13(9-4-2-1-3-5-9)17-15(20)16-11-8-10-6-7-12(11)21-10/h9-13H,1-8H2,(H,18,19)(H2,16,17,20). The highest BCUT2D eigenvalue weighted by atomic mass is 16.5. The molecule has 4 atom stereocenters.